The van der Waals surface area contributed by atoms with E-state index in [4.69, 9.17) is 0 Å². The number of hydrogen-bond acceptors (Lipinski definition) is 4. The van der Waals surface area contributed by atoms with E-state index in [-0.39, 0.29) is 11.7 Å². The van der Waals surface area contributed by atoms with Gasteiger partial charge in [-0.3, -0.25) is 15.0 Å². The molecule has 2 aromatic carbocycles. The molecule has 0 spiro atoms. The maximum atomic E-state index is 13.7. The number of Topliss-reactive ketones (excluding diaryl/α,β-unsaturated/α-hetero) is 1. The Morgan fingerprint density at radius 1 is 0.969 bits per heavy atom. The van der Waals surface area contributed by atoms with E-state index in [0.29, 0.717) is 12.1 Å². The topological polar surface area (TPSA) is 70.6 Å². The van der Waals surface area contributed by atoms with Crippen molar-refractivity contribution in [2.45, 2.75) is 59.8 Å². The molecular weight excluding hydrogens is 398 g/mol. The van der Waals surface area contributed by atoms with E-state index in [1.807, 2.05) is 56.3 Å². The number of nitrogens with zero attached hydrogens (tertiary/aromatic N) is 1. The zero-order valence-electron chi connectivity index (χ0n) is 19.5. The second kappa shape index (κ2) is 8.19. The van der Waals surface area contributed by atoms with Crippen LogP contribution in [0.25, 0.3) is 0 Å². The van der Waals surface area contributed by atoms with Gasteiger partial charge in [0.25, 0.3) is 0 Å². The van der Waals surface area contributed by atoms with Crippen molar-refractivity contribution in [1.29, 1.82) is 0 Å². The van der Waals surface area contributed by atoms with Crippen LogP contribution in [0.2, 0.25) is 0 Å². The average Bonchev–Trinajstić information content (AvgIpc) is 3.07. The van der Waals surface area contributed by atoms with Crippen molar-refractivity contribution in [2.24, 2.45) is 21.3 Å². The summed E-state index contributed by atoms with van der Waals surface area (Å²) >= 11 is 0. The van der Waals surface area contributed by atoms with E-state index in [1.165, 1.54) is 5.56 Å². The molecule has 168 valence electrons. The Morgan fingerprint density at radius 3 is 2.31 bits per heavy atom. The molecule has 0 heterocycles. The first-order valence-corrected chi connectivity index (χ1v) is 11.6. The van der Waals surface area contributed by atoms with Crippen molar-refractivity contribution in [3.05, 3.63) is 60.2 Å². The number of rotatable bonds is 7. The lowest BCUT2D eigenvalue weighted by Gasteiger charge is -2.37. The van der Waals surface area contributed by atoms with E-state index in [0.717, 1.165) is 37.1 Å². The molecule has 2 aromatic rings. The summed E-state index contributed by atoms with van der Waals surface area (Å²) in [6.45, 7) is 8.32. The van der Waals surface area contributed by atoms with Gasteiger partial charge < -0.3 is 5.32 Å². The SMILES string of the molecule is CCCCc1ccc(NC(=O)C23CCC(C)(C(=NNc4ccccc4)C2=O)C3(C)C)cc1. The highest BCUT2D eigenvalue weighted by Crippen LogP contribution is 2.69. The second-order valence-corrected chi connectivity index (χ2v) is 9.88. The Bertz CT molecular complexity index is 1040. The smallest absolute Gasteiger partial charge is 0.239 e. The fraction of sp³-hybridized carbons (Fsp3) is 0.444. The van der Waals surface area contributed by atoms with Crippen molar-refractivity contribution in [3.8, 4) is 0 Å². The van der Waals surface area contributed by atoms with Gasteiger partial charge in [-0.2, -0.15) is 5.10 Å². The second-order valence-electron chi connectivity index (χ2n) is 9.88. The average molecular weight is 432 g/mol. The summed E-state index contributed by atoms with van der Waals surface area (Å²) in [5, 5.41) is 7.58. The summed E-state index contributed by atoms with van der Waals surface area (Å²) in [7, 11) is 0. The number of nitrogens with one attached hydrogen (secondary N) is 2. The van der Waals surface area contributed by atoms with Crippen LogP contribution in [0, 0.1) is 16.2 Å². The van der Waals surface area contributed by atoms with Gasteiger partial charge in [0.2, 0.25) is 5.91 Å². The Kier molecular flexibility index (Phi) is 5.70. The van der Waals surface area contributed by atoms with Gasteiger partial charge in [-0.1, -0.05) is 64.4 Å². The van der Waals surface area contributed by atoms with E-state index in [1.54, 1.807) is 0 Å². The van der Waals surface area contributed by atoms with Crippen LogP contribution in [0.1, 0.15) is 58.9 Å². The molecule has 0 radical (unpaired) electrons. The molecule has 4 rings (SSSR count). The molecule has 5 heteroatoms. The van der Waals surface area contributed by atoms with E-state index in [9.17, 15) is 9.59 Å². The monoisotopic (exact) mass is 431 g/mol. The molecule has 32 heavy (non-hydrogen) atoms. The Balaban J connectivity index is 1.60. The molecule has 2 saturated carbocycles. The molecule has 2 bridgehead atoms. The Morgan fingerprint density at radius 2 is 1.66 bits per heavy atom. The van der Waals surface area contributed by atoms with Crippen molar-refractivity contribution in [2.75, 3.05) is 10.7 Å². The van der Waals surface area contributed by atoms with Crippen LogP contribution in [0.15, 0.2) is 59.7 Å². The van der Waals surface area contributed by atoms with Crippen molar-refractivity contribution < 1.29 is 9.59 Å². The highest BCUT2D eigenvalue weighted by Gasteiger charge is 2.76. The van der Waals surface area contributed by atoms with Crippen LogP contribution in [-0.4, -0.2) is 17.4 Å². The summed E-state index contributed by atoms with van der Waals surface area (Å²) in [5.74, 6) is -0.376. The van der Waals surface area contributed by atoms with Gasteiger partial charge in [-0.15, -0.1) is 0 Å². The number of unbranched alkanes of at least 4 members (excludes halogenated alkanes) is 1. The summed E-state index contributed by atoms with van der Waals surface area (Å²) in [5.41, 5.74) is 4.19. The number of hydrogen-bond donors (Lipinski definition) is 2. The standard InChI is InChI=1S/C27H33N3O2/c1-5-6-10-19-13-15-20(16-14-19)28-24(32)27-18-17-26(4,25(27,2)3)22(23(27)31)30-29-21-11-8-7-9-12-21/h7-9,11-16,29H,5-6,10,17-18H2,1-4H3,(H,28,32). The predicted molar refractivity (Wildman–Crippen MR) is 130 cm³/mol. The molecule has 2 aliphatic carbocycles. The minimum Gasteiger partial charge on any atom is -0.325 e. The van der Waals surface area contributed by atoms with E-state index < -0.39 is 16.2 Å². The molecular formula is C27H33N3O2. The molecule has 2 aliphatic rings. The first kappa shape index (κ1) is 22.3. The van der Waals surface area contributed by atoms with Gasteiger partial charge in [0, 0.05) is 11.1 Å². The normalized spacial score (nSPS) is 27.0. The van der Waals surface area contributed by atoms with Crippen LogP contribution in [0.3, 0.4) is 0 Å². The quantitative estimate of drug-likeness (QED) is 0.428. The maximum Gasteiger partial charge on any atom is 0.239 e. The number of carbonyl (C=O) groups excluding carboxylic acids is 2. The fourth-order valence-electron chi connectivity index (χ4n) is 5.48. The fourth-order valence-corrected chi connectivity index (χ4v) is 5.48. The molecule has 2 atom stereocenters. The molecule has 0 aromatic heterocycles. The lowest BCUT2D eigenvalue weighted by Crippen LogP contribution is -2.47. The number of anilines is 2. The van der Waals surface area contributed by atoms with Crippen molar-refractivity contribution in [3.63, 3.8) is 0 Å². The zero-order valence-corrected chi connectivity index (χ0v) is 19.5. The van der Waals surface area contributed by atoms with Gasteiger partial charge in [-0.25, -0.2) is 0 Å². The highest BCUT2D eigenvalue weighted by molar-refractivity contribution is 6.51. The van der Waals surface area contributed by atoms with Crippen LogP contribution in [0.4, 0.5) is 11.4 Å². The van der Waals surface area contributed by atoms with Crippen LogP contribution < -0.4 is 10.7 Å². The molecule has 0 aliphatic heterocycles. The van der Waals surface area contributed by atoms with Crippen LogP contribution in [-0.2, 0) is 16.0 Å². The third-order valence-corrected chi connectivity index (χ3v) is 8.06. The number of carbonyl (C=O) groups is 2. The van der Waals surface area contributed by atoms with Gasteiger partial charge in [0.15, 0.2) is 5.78 Å². The molecule has 0 saturated heterocycles. The minimum atomic E-state index is -1.11. The van der Waals surface area contributed by atoms with E-state index >= 15 is 0 Å². The Hall–Kier alpha value is -2.95. The summed E-state index contributed by atoms with van der Waals surface area (Å²) < 4.78 is 0. The molecule has 2 unspecified atom stereocenters. The van der Waals surface area contributed by atoms with E-state index in [2.05, 4.69) is 41.8 Å². The highest BCUT2D eigenvalue weighted by atomic mass is 16.2. The lowest BCUT2D eigenvalue weighted by atomic mass is 9.64. The summed E-state index contributed by atoms with van der Waals surface area (Å²) in [6, 6.07) is 17.6. The first-order valence-electron chi connectivity index (χ1n) is 11.6. The van der Waals surface area contributed by atoms with Crippen molar-refractivity contribution >= 4 is 28.8 Å². The molecule has 2 fully saturated rings. The zero-order chi connectivity index (χ0) is 23.0. The van der Waals surface area contributed by atoms with Crippen molar-refractivity contribution in [1.82, 2.24) is 0 Å². The number of ketones is 1. The van der Waals surface area contributed by atoms with Crippen LogP contribution in [0.5, 0.6) is 0 Å². The van der Waals surface area contributed by atoms with Gasteiger partial charge in [-0.05, 0) is 60.9 Å². The van der Waals surface area contributed by atoms with Gasteiger partial charge >= 0.3 is 0 Å². The summed E-state index contributed by atoms with van der Waals surface area (Å²) in [6.07, 6.45) is 4.63. The number of aryl methyl sites for hydroxylation is 1. The third-order valence-electron chi connectivity index (χ3n) is 8.06. The molecule has 2 N–H and O–H groups in total. The minimum absolute atomic E-state index is 0.156. The number of benzene rings is 2. The molecule has 1 amide bonds. The number of amides is 1. The largest absolute Gasteiger partial charge is 0.325 e. The third kappa shape index (κ3) is 3.26. The van der Waals surface area contributed by atoms with Gasteiger partial charge in [0.1, 0.15) is 11.1 Å². The summed E-state index contributed by atoms with van der Waals surface area (Å²) in [4.78, 5) is 27.3. The Labute approximate surface area is 190 Å². The number of hydrazone groups is 1. The predicted octanol–water partition coefficient (Wildman–Crippen LogP) is 5.83. The van der Waals surface area contributed by atoms with Gasteiger partial charge in [0.05, 0.1) is 5.69 Å². The number of para-hydroxylation sites is 1. The van der Waals surface area contributed by atoms with Crippen LogP contribution >= 0.6 is 0 Å². The number of fused-ring (bicyclic) bond motifs is 2. The lowest BCUT2D eigenvalue weighted by molar-refractivity contribution is -0.139. The first-order chi connectivity index (χ1) is 15.3. The molecule has 5 nitrogen and oxygen atoms in total. The maximum absolute atomic E-state index is 13.7.